The first-order chi connectivity index (χ1) is 12.2. The van der Waals surface area contributed by atoms with Crippen LogP contribution in [0.5, 0.6) is 0 Å². The van der Waals surface area contributed by atoms with E-state index in [9.17, 15) is 23.1 Å². The van der Waals surface area contributed by atoms with Gasteiger partial charge < -0.3 is 10.4 Å². The number of carbonyl (C=O) groups excluding carboxylic acids is 1. The molecule has 0 atom stereocenters. The number of anilines is 1. The monoisotopic (exact) mass is 398 g/mol. The molecule has 2 aliphatic heterocycles. The molecule has 3 rings (SSSR count). The molecule has 26 heavy (non-hydrogen) atoms. The Morgan fingerprint density at radius 2 is 1.96 bits per heavy atom. The van der Waals surface area contributed by atoms with Crippen molar-refractivity contribution in [1.82, 2.24) is 5.32 Å². The molecule has 1 amide bonds. The van der Waals surface area contributed by atoms with Gasteiger partial charge in [0.25, 0.3) is 5.91 Å². The molecule has 7 nitrogen and oxygen atoms in total. The fraction of sp³-hybridized carbons (Fsp3) is 0.529. The van der Waals surface area contributed by atoms with Gasteiger partial charge >= 0.3 is 5.97 Å². The molecule has 1 fully saturated rings. The van der Waals surface area contributed by atoms with Crippen molar-refractivity contribution in [3.05, 3.63) is 29.3 Å². The second kappa shape index (κ2) is 7.11. The van der Waals surface area contributed by atoms with Gasteiger partial charge in [-0.15, -0.1) is 0 Å². The van der Waals surface area contributed by atoms with Gasteiger partial charge in [0.05, 0.1) is 11.9 Å². The standard InChI is InChI=1S/C17H22N2O5S2/c1-26(23,24)19-8-2-3-12-11-13(4-5-14(12)19)15(20)18-17(16(21)22)6-9-25-10-7-17/h4-5,11H,2-3,6-10H2,1H3,(H,18,20)(H,21,22). The molecule has 0 aromatic heterocycles. The summed E-state index contributed by atoms with van der Waals surface area (Å²) in [5.41, 5.74) is 0.519. The minimum absolute atomic E-state index is 0.359. The molecule has 0 aliphatic carbocycles. The Labute approximate surface area is 157 Å². The van der Waals surface area contributed by atoms with E-state index < -0.39 is 27.4 Å². The number of aliphatic carboxylic acids is 1. The normalized spacial score (nSPS) is 19.5. The van der Waals surface area contributed by atoms with Crippen LogP contribution >= 0.6 is 11.8 Å². The van der Waals surface area contributed by atoms with Crippen LogP contribution in [0, 0.1) is 0 Å². The molecule has 2 aliphatic rings. The molecule has 142 valence electrons. The summed E-state index contributed by atoms with van der Waals surface area (Å²) in [7, 11) is -3.36. The number of sulfonamides is 1. The van der Waals surface area contributed by atoms with E-state index >= 15 is 0 Å². The number of nitrogens with one attached hydrogen (secondary N) is 1. The van der Waals surface area contributed by atoms with Crippen LogP contribution in [-0.2, 0) is 21.2 Å². The van der Waals surface area contributed by atoms with E-state index in [4.69, 9.17) is 0 Å². The average Bonchev–Trinajstić information content (AvgIpc) is 2.60. The van der Waals surface area contributed by atoms with Crippen molar-refractivity contribution in [3.8, 4) is 0 Å². The number of carboxylic acids is 1. The Bertz CT molecular complexity index is 832. The summed E-state index contributed by atoms with van der Waals surface area (Å²) in [4.78, 5) is 24.4. The van der Waals surface area contributed by atoms with E-state index in [-0.39, 0.29) is 0 Å². The molecule has 0 radical (unpaired) electrons. The summed E-state index contributed by atoms with van der Waals surface area (Å²) in [5.74, 6) is -0.0499. The third kappa shape index (κ3) is 3.68. The summed E-state index contributed by atoms with van der Waals surface area (Å²) in [5, 5.41) is 12.3. The highest BCUT2D eigenvalue weighted by Gasteiger charge is 2.41. The number of aryl methyl sites for hydroxylation is 1. The highest BCUT2D eigenvalue weighted by Crippen LogP contribution is 2.31. The topological polar surface area (TPSA) is 104 Å². The Morgan fingerprint density at radius 1 is 1.27 bits per heavy atom. The summed E-state index contributed by atoms with van der Waals surface area (Å²) in [6.45, 7) is 0.428. The van der Waals surface area contributed by atoms with E-state index in [2.05, 4.69) is 5.32 Å². The van der Waals surface area contributed by atoms with Crippen molar-refractivity contribution in [2.24, 2.45) is 0 Å². The predicted molar refractivity (Wildman–Crippen MR) is 101 cm³/mol. The van der Waals surface area contributed by atoms with Crippen molar-refractivity contribution >= 4 is 39.3 Å². The summed E-state index contributed by atoms with van der Waals surface area (Å²) in [6, 6.07) is 4.87. The smallest absolute Gasteiger partial charge is 0.329 e. The van der Waals surface area contributed by atoms with E-state index in [0.29, 0.717) is 55.0 Å². The molecule has 0 bridgehead atoms. The average molecular weight is 399 g/mol. The molecular formula is C17H22N2O5S2. The molecule has 1 aromatic rings. The molecule has 1 aromatic carbocycles. The van der Waals surface area contributed by atoms with Crippen LogP contribution in [0.1, 0.15) is 35.2 Å². The van der Waals surface area contributed by atoms with Gasteiger partial charge in [-0.1, -0.05) is 0 Å². The van der Waals surface area contributed by atoms with Gasteiger partial charge in [0.15, 0.2) is 0 Å². The van der Waals surface area contributed by atoms with Crippen LogP contribution < -0.4 is 9.62 Å². The number of hydrogen-bond donors (Lipinski definition) is 2. The maximum Gasteiger partial charge on any atom is 0.329 e. The quantitative estimate of drug-likeness (QED) is 0.796. The number of carbonyl (C=O) groups is 2. The van der Waals surface area contributed by atoms with E-state index in [0.717, 1.165) is 5.56 Å². The van der Waals surface area contributed by atoms with Crippen molar-refractivity contribution in [2.45, 2.75) is 31.2 Å². The Hall–Kier alpha value is -1.74. The maximum absolute atomic E-state index is 12.7. The van der Waals surface area contributed by atoms with Crippen LogP contribution in [0.2, 0.25) is 0 Å². The highest BCUT2D eigenvalue weighted by molar-refractivity contribution is 7.99. The van der Waals surface area contributed by atoms with Crippen LogP contribution in [0.15, 0.2) is 18.2 Å². The molecule has 9 heteroatoms. The number of fused-ring (bicyclic) bond motifs is 1. The lowest BCUT2D eigenvalue weighted by Gasteiger charge is -2.34. The number of amides is 1. The predicted octanol–water partition coefficient (Wildman–Crippen LogP) is 1.48. The van der Waals surface area contributed by atoms with Crippen LogP contribution in [-0.4, -0.2) is 55.2 Å². The summed E-state index contributed by atoms with van der Waals surface area (Å²) >= 11 is 1.68. The first kappa shape index (κ1) is 19.0. The summed E-state index contributed by atoms with van der Waals surface area (Å²) < 4.78 is 25.2. The van der Waals surface area contributed by atoms with Crippen molar-refractivity contribution in [2.75, 3.05) is 28.6 Å². The van der Waals surface area contributed by atoms with Gasteiger partial charge in [-0.2, -0.15) is 11.8 Å². The fourth-order valence-electron chi connectivity index (χ4n) is 3.45. The zero-order valence-corrected chi connectivity index (χ0v) is 16.2. The first-order valence-corrected chi connectivity index (χ1v) is 11.5. The third-order valence-electron chi connectivity index (χ3n) is 4.93. The lowest BCUT2D eigenvalue weighted by Crippen LogP contribution is -2.56. The maximum atomic E-state index is 12.7. The van der Waals surface area contributed by atoms with E-state index in [1.165, 1.54) is 10.6 Å². The van der Waals surface area contributed by atoms with Gasteiger partial charge in [-0.25, -0.2) is 13.2 Å². The molecule has 0 spiro atoms. The van der Waals surface area contributed by atoms with Crippen LogP contribution in [0.3, 0.4) is 0 Å². The molecule has 2 N–H and O–H groups in total. The lowest BCUT2D eigenvalue weighted by molar-refractivity contribution is -0.144. The van der Waals surface area contributed by atoms with Gasteiger partial charge in [0.2, 0.25) is 10.0 Å². The van der Waals surface area contributed by atoms with Crippen molar-refractivity contribution in [3.63, 3.8) is 0 Å². The number of rotatable bonds is 4. The lowest BCUT2D eigenvalue weighted by atomic mass is 9.91. The number of hydrogen-bond acceptors (Lipinski definition) is 5. The molecule has 0 saturated carbocycles. The van der Waals surface area contributed by atoms with Gasteiger partial charge in [0, 0.05) is 12.1 Å². The number of nitrogens with zero attached hydrogens (tertiary/aromatic N) is 1. The van der Waals surface area contributed by atoms with Crippen molar-refractivity contribution < 1.29 is 23.1 Å². The summed E-state index contributed by atoms with van der Waals surface area (Å²) in [6.07, 6.45) is 3.32. The zero-order chi connectivity index (χ0) is 18.9. The fourth-order valence-corrected chi connectivity index (χ4v) is 5.64. The Morgan fingerprint density at radius 3 is 2.58 bits per heavy atom. The van der Waals surface area contributed by atoms with Gasteiger partial charge in [0.1, 0.15) is 5.54 Å². The second-order valence-electron chi connectivity index (χ2n) is 6.74. The first-order valence-electron chi connectivity index (χ1n) is 8.47. The minimum Gasteiger partial charge on any atom is -0.480 e. The van der Waals surface area contributed by atoms with Crippen molar-refractivity contribution in [1.29, 1.82) is 0 Å². The zero-order valence-electron chi connectivity index (χ0n) is 14.5. The van der Waals surface area contributed by atoms with Crippen LogP contribution in [0.25, 0.3) is 0 Å². The van der Waals surface area contributed by atoms with E-state index in [1.54, 1.807) is 30.0 Å². The van der Waals surface area contributed by atoms with Gasteiger partial charge in [-0.3, -0.25) is 9.10 Å². The number of carboxylic acid groups (broad SMARTS) is 1. The number of thioether (sulfide) groups is 1. The molecule has 1 saturated heterocycles. The molecular weight excluding hydrogens is 376 g/mol. The SMILES string of the molecule is CS(=O)(=O)N1CCCc2cc(C(=O)NC3(C(=O)O)CCSCC3)ccc21. The second-order valence-corrected chi connectivity index (χ2v) is 9.87. The number of benzene rings is 1. The molecule has 0 unspecified atom stereocenters. The Kier molecular flexibility index (Phi) is 5.21. The van der Waals surface area contributed by atoms with E-state index in [1.807, 2.05) is 0 Å². The molecule has 2 heterocycles. The van der Waals surface area contributed by atoms with Gasteiger partial charge in [-0.05, 0) is 61.0 Å². The minimum atomic E-state index is -3.36. The Balaban J connectivity index is 1.86. The third-order valence-corrected chi connectivity index (χ3v) is 7.09. The largest absolute Gasteiger partial charge is 0.480 e. The van der Waals surface area contributed by atoms with Crippen LogP contribution in [0.4, 0.5) is 5.69 Å². The highest BCUT2D eigenvalue weighted by atomic mass is 32.2.